The van der Waals surface area contributed by atoms with Crippen LogP contribution in [0.15, 0.2) is 12.2 Å². The van der Waals surface area contributed by atoms with E-state index in [4.69, 9.17) is 14.0 Å². The minimum absolute atomic E-state index is 0.0542. The number of rotatable bonds is 8. The van der Waals surface area contributed by atoms with Gasteiger partial charge in [0.05, 0.1) is 6.61 Å². The van der Waals surface area contributed by atoms with E-state index in [2.05, 4.69) is 53.5 Å². The Labute approximate surface area is 142 Å². The molecule has 1 N–H and O–H groups in total. The van der Waals surface area contributed by atoms with Gasteiger partial charge in [-0.15, -0.1) is 0 Å². The van der Waals surface area contributed by atoms with Gasteiger partial charge in [0, 0.05) is 12.2 Å². The summed E-state index contributed by atoms with van der Waals surface area (Å²) in [5.41, 5.74) is 0.386. The molecule has 0 aromatic carbocycles. The molecule has 0 rings (SSSR count). The average molecular weight is 361 g/mol. The fourth-order valence-electron chi connectivity index (χ4n) is 3.15. The molecule has 23 heavy (non-hydrogen) atoms. The van der Waals surface area contributed by atoms with E-state index >= 15 is 0 Å². The third-order valence-corrected chi connectivity index (χ3v) is 10.9. The maximum Gasteiger partial charge on any atom is 0.331 e. The first-order valence-electron chi connectivity index (χ1n) is 7.93. The zero-order valence-corrected chi connectivity index (χ0v) is 17.7. The van der Waals surface area contributed by atoms with Crippen molar-refractivity contribution in [3.8, 4) is 0 Å². The van der Waals surface area contributed by atoms with E-state index < -0.39 is 28.6 Å². The highest BCUT2D eigenvalue weighted by Crippen LogP contribution is 2.43. The molecule has 7 heteroatoms. The van der Waals surface area contributed by atoms with Crippen molar-refractivity contribution >= 4 is 28.6 Å². The Morgan fingerprint density at radius 1 is 1.09 bits per heavy atom. The Hall–Kier alpha value is -0.926. The van der Waals surface area contributed by atoms with Gasteiger partial charge in [-0.2, -0.15) is 0 Å². The molecule has 1 atom stereocenters. The number of hydrogen-bond donors (Lipinski definition) is 1. The fraction of sp³-hybridized carbons (Fsp3) is 0.750. The van der Waals surface area contributed by atoms with E-state index in [1.54, 1.807) is 0 Å². The Morgan fingerprint density at radius 2 is 1.61 bits per heavy atom. The predicted octanol–water partition coefficient (Wildman–Crippen LogP) is 4.03. The van der Waals surface area contributed by atoms with Gasteiger partial charge in [-0.1, -0.05) is 20.8 Å². The maximum atomic E-state index is 11.5. The number of carbonyl (C=O) groups is 2. The fourth-order valence-corrected chi connectivity index (χ4v) is 12.9. The molecule has 0 heterocycles. The molecule has 0 saturated heterocycles. The van der Waals surface area contributed by atoms with Gasteiger partial charge in [0.15, 0.2) is 16.6 Å². The lowest BCUT2D eigenvalue weighted by molar-refractivity contribution is -0.139. The Kier molecular flexibility index (Phi) is 7.92. The predicted molar refractivity (Wildman–Crippen MR) is 97.5 cm³/mol. The minimum atomic E-state index is -1.95. The standard InChI is InChI=1S/C16H32O5Si2/c1-16(2,3)13(23(7,8)21-22(4,5)6)11-12-20-15(19)10-9-14(17)18/h9-10,13H,11-12H2,1-8H3,(H,17,18). The SMILES string of the molecule is CC(C)(C)C(CCOC(=O)C=CC(=O)O)[Si](C)(C)O[Si](C)(C)C. The summed E-state index contributed by atoms with van der Waals surface area (Å²) in [6.45, 7) is 17.9. The molecule has 0 aliphatic rings. The van der Waals surface area contributed by atoms with Crippen molar-refractivity contribution in [3.05, 3.63) is 12.2 Å². The summed E-state index contributed by atoms with van der Waals surface area (Å²) >= 11 is 0. The lowest BCUT2D eigenvalue weighted by Gasteiger charge is -2.44. The van der Waals surface area contributed by atoms with Crippen LogP contribution in [0.1, 0.15) is 27.2 Å². The maximum absolute atomic E-state index is 11.5. The number of carbonyl (C=O) groups excluding carboxylic acids is 1. The van der Waals surface area contributed by atoms with E-state index in [0.717, 1.165) is 18.6 Å². The van der Waals surface area contributed by atoms with Crippen molar-refractivity contribution in [2.24, 2.45) is 5.41 Å². The van der Waals surface area contributed by atoms with Crippen molar-refractivity contribution in [1.29, 1.82) is 0 Å². The summed E-state index contributed by atoms with van der Waals surface area (Å²) in [4.78, 5) is 21.9. The van der Waals surface area contributed by atoms with Crippen molar-refractivity contribution in [3.63, 3.8) is 0 Å². The molecule has 0 aromatic rings. The second-order valence-corrected chi connectivity index (χ2v) is 17.3. The average Bonchev–Trinajstić information content (AvgIpc) is 2.26. The summed E-state index contributed by atoms with van der Waals surface area (Å²) in [7, 11) is -3.60. The van der Waals surface area contributed by atoms with Gasteiger partial charge in [0.1, 0.15) is 0 Å². The van der Waals surface area contributed by atoms with E-state index in [9.17, 15) is 9.59 Å². The van der Waals surface area contributed by atoms with Crippen LogP contribution >= 0.6 is 0 Å². The van der Waals surface area contributed by atoms with Crippen LogP contribution in [0.2, 0.25) is 38.3 Å². The van der Waals surface area contributed by atoms with Crippen LogP contribution in [-0.4, -0.2) is 40.3 Å². The van der Waals surface area contributed by atoms with E-state index in [0.29, 0.717) is 5.54 Å². The molecule has 0 aliphatic heterocycles. The number of aliphatic carboxylic acids is 1. The summed E-state index contributed by atoms with van der Waals surface area (Å²) in [5.74, 6) is -1.78. The Morgan fingerprint density at radius 3 is 2.00 bits per heavy atom. The van der Waals surface area contributed by atoms with Crippen molar-refractivity contribution in [2.75, 3.05) is 6.61 Å². The summed E-state index contributed by atoms with van der Waals surface area (Å²) < 4.78 is 11.6. The van der Waals surface area contributed by atoms with Gasteiger partial charge in [-0.05, 0) is 50.1 Å². The first-order chi connectivity index (χ1) is 10.1. The molecule has 0 aromatic heterocycles. The minimum Gasteiger partial charge on any atom is -0.478 e. The topological polar surface area (TPSA) is 72.8 Å². The zero-order valence-electron chi connectivity index (χ0n) is 15.7. The van der Waals surface area contributed by atoms with E-state index in [-0.39, 0.29) is 12.0 Å². The van der Waals surface area contributed by atoms with Crippen molar-refractivity contribution < 1.29 is 23.5 Å². The van der Waals surface area contributed by atoms with Gasteiger partial charge in [-0.25, -0.2) is 9.59 Å². The first-order valence-corrected chi connectivity index (χ1v) is 14.3. The Balaban J connectivity index is 4.84. The largest absolute Gasteiger partial charge is 0.478 e. The molecule has 0 radical (unpaired) electrons. The first kappa shape index (κ1) is 22.1. The lowest BCUT2D eigenvalue weighted by Crippen LogP contribution is -2.49. The third-order valence-electron chi connectivity index (χ3n) is 3.47. The van der Waals surface area contributed by atoms with Crippen LogP contribution in [0.5, 0.6) is 0 Å². The zero-order chi connectivity index (χ0) is 18.5. The Bertz CT molecular complexity index is 444. The molecular formula is C16H32O5Si2. The van der Waals surface area contributed by atoms with Gasteiger partial charge in [-0.3, -0.25) is 0 Å². The molecule has 5 nitrogen and oxygen atoms in total. The van der Waals surface area contributed by atoms with Gasteiger partial charge in [0.2, 0.25) is 0 Å². The van der Waals surface area contributed by atoms with Crippen LogP contribution in [0.4, 0.5) is 0 Å². The molecule has 0 bridgehead atoms. The normalized spacial score (nSPS) is 14.8. The highest BCUT2D eigenvalue weighted by atomic mass is 28.4. The van der Waals surface area contributed by atoms with Crippen LogP contribution in [-0.2, 0) is 18.4 Å². The molecular weight excluding hydrogens is 328 g/mol. The van der Waals surface area contributed by atoms with Crippen molar-refractivity contribution in [2.45, 2.75) is 65.5 Å². The van der Waals surface area contributed by atoms with E-state index in [1.165, 1.54) is 0 Å². The molecule has 1 unspecified atom stereocenters. The molecule has 0 saturated carbocycles. The second-order valence-electron chi connectivity index (χ2n) is 8.36. The van der Waals surface area contributed by atoms with Crippen LogP contribution in [0.3, 0.4) is 0 Å². The quantitative estimate of drug-likeness (QED) is 0.402. The number of esters is 1. The molecule has 0 fully saturated rings. The number of ether oxygens (including phenoxy) is 1. The van der Waals surface area contributed by atoms with Gasteiger partial charge >= 0.3 is 11.9 Å². The van der Waals surface area contributed by atoms with E-state index in [1.807, 2.05) is 0 Å². The molecule has 134 valence electrons. The summed E-state index contributed by atoms with van der Waals surface area (Å²) in [6.07, 6.45) is 2.45. The summed E-state index contributed by atoms with van der Waals surface area (Å²) in [5, 5.41) is 8.50. The molecule has 0 aliphatic carbocycles. The smallest absolute Gasteiger partial charge is 0.331 e. The highest BCUT2D eigenvalue weighted by Gasteiger charge is 2.43. The van der Waals surface area contributed by atoms with Gasteiger partial charge < -0.3 is 14.0 Å². The lowest BCUT2D eigenvalue weighted by atomic mass is 9.90. The molecule has 0 spiro atoms. The van der Waals surface area contributed by atoms with Crippen LogP contribution in [0.25, 0.3) is 0 Å². The number of carboxylic acids is 1. The number of hydrogen-bond acceptors (Lipinski definition) is 4. The third kappa shape index (κ3) is 9.73. The highest BCUT2D eigenvalue weighted by molar-refractivity contribution is 6.85. The van der Waals surface area contributed by atoms with Crippen molar-refractivity contribution in [1.82, 2.24) is 0 Å². The monoisotopic (exact) mass is 360 g/mol. The van der Waals surface area contributed by atoms with Crippen LogP contribution in [0, 0.1) is 5.41 Å². The molecule has 0 amide bonds. The second kappa shape index (κ2) is 8.25. The van der Waals surface area contributed by atoms with Gasteiger partial charge in [0.25, 0.3) is 0 Å². The number of carboxylic acid groups (broad SMARTS) is 1. The summed E-state index contributed by atoms with van der Waals surface area (Å²) in [6, 6.07) is 0. The van der Waals surface area contributed by atoms with Crippen LogP contribution < -0.4 is 0 Å².